The molecule has 3 rings (SSSR count). The Morgan fingerprint density at radius 1 is 0.829 bits per heavy atom. The molecule has 0 fully saturated rings. The predicted molar refractivity (Wildman–Crippen MR) is 145 cm³/mol. The summed E-state index contributed by atoms with van der Waals surface area (Å²) in [5, 5.41) is 3.07. The van der Waals surface area contributed by atoms with Gasteiger partial charge in [0.05, 0.1) is 5.75 Å². The number of carbonyl (C=O) groups is 2. The zero-order valence-electron chi connectivity index (χ0n) is 21.2. The van der Waals surface area contributed by atoms with E-state index in [4.69, 9.17) is 0 Å². The fraction of sp³-hybridized carbons (Fsp3) is 0.333. The van der Waals surface area contributed by atoms with Gasteiger partial charge in [-0.1, -0.05) is 91.7 Å². The van der Waals surface area contributed by atoms with Gasteiger partial charge in [0, 0.05) is 24.4 Å². The van der Waals surface area contributed by atoms with E-state index in [1.54, 1.807) is 4.90 Å². The number of benzene rings is 3. The molecule has 4 nitrogen and oxygen atoms in total. The number of thioether (sulfide) groups is 1. The number of nitrogens with one attached hydrogen (secondary N) is 1. The van der Waals surface area contributed by atoms with Crippen LogP contribution in [0, 0.1) is 19.8 Å². The number of aryl methyl sites for hydroxylation is 2. The number of hydrogen-bond acceptors (Lipinski definition) is 3. The van der Waals surface area contributed by atoms with E-state index >= 15 is 0 Å². The minimum atomic E-state index is -0.594. The number of hydrogen-bond donors (Lipinski definition) is 1. The van der Waals surface area contributed by atoms with Crippen LogP contribution in [0.15, 0.2) is 83.8 Å². The molecule has 5 heteroatoms. The molecule has 0 bridgehead atoms. The molecule has 3 aromatic carbocycles. The summed E-state index contributed by atoms with van der Waals surface area (Å²) in [5.41, 5.74) is 4.40. The minimum absolute atomic E-state index is 0.0446. The highest BCUT2D eigenvalue weighted by Gasteiger charge is 2.30. The lowest BCUT2D eigenvalue weighted by Crippen LogP contribution is -2.51. The summed E-state index contributed by atoms with van der Waals surface area (Å²) in [6, 6.07) is 25.7. The maximum absolute atomic E-state index is 13.7. The molecular weight excluding hydrogens is 452 g/mol. The summed E-state index contributed by atoms with van der Waals surface area (Å²) >= 11 is 1.51. The smallest absolute Gasteiger partial charge is 0.243 e. The Labute approximate surface area is 214 Å². The van der Waals surface area contributed by atoms with Gasteiger partial charge >= 0.3 is 0 Å². The maximum atomic E-state index is 13.7. The Bertz CT molecular complexity index is 1080. The summed E-state index contributed by atoms with van der Waals surface area (Å²) in [7, 11) is 0. The van der Waals surface area contributed by atoms with Crippen molar-refractivity contribution in [2.24, 2.45) is 5.92 Å². The molecule has 35 heavy (non-hydrogen) atoms. The van der Waals surface area contributed by atoms with Gasteiger partial charge in [0.1, 0.15) is 6.04 Å². The third-order valence-electron chi connectivity index (χ3n) is 5.81. The average Bonchev–Trinajstić information content (AvgIpc) is 2.86. The van der Waals surface area contributed by atoms with Crippen molar-refractivity contribution in [1.82, 2.24) is 10.2 Å². The van der Waals surface area contributed by atoms with Crippen LogP contribution in [0.1, 0.15) is 36.1 Å². The minimum Gasteiger partial charge on any atom is -0.354 e. The Balaban J connectivity index is 1.88. The van der Waals surface area contributed by atoms with Crippen LogP contribution in [0.3, 0.4) is 0 Å². The highest BCUT2D eigenvalue weighted by atomic mass is 32.2. The van der Waals surface area contributed by atoms with Crippen LogP contribution in [0.5, 0.6) is 0 Å². The summed E-state index contributed by atoms with van der Waals surface area (Å²) in [4.78, 5) is 29.9. The van der Waals surface area contributed by atoms with Gasteiger partial charge < -0.3 is 10.2 Å². The zero-order chi connectivity index (χ0) is 25.2. The Kier molecular flexibility index (Phi) is 9.98. The third kappa shape index (κ3) is 8.59. The first-order chi connectivity index (χ1) is 16.8. The molecule has 0 aliphatic carbocycles. The van der Waals surface area contributed by atoms with Gasteiger partial charge in [-0.25, -0.2) is 0 Å². The van der Waals surface area contributed by atoms with E-state index in [-0.39, 0.29) is 17.6 Å². The van der Waals surface area contributed by atoms with Crippen molar-refractivity contribution in [3.63, 3.8) is 0 Å². The molecule has 0 aromatic heterocycles. The van der Waals surface area contributed by atoms with E-state index in [1.165, 1.54) is 17.3 Å². The fourth-order valence-electron chi connectivity index (χ4n) is 3.73. The first-order valence-corrected chi connectivity index (χ1v) is 13.2. The lowest BCUT2D eigenvalue weighted by atomic mass is 10.0. The van der Waals surface area contributed by atoms with Gasteiger partial charge in [0.25, 0.3) is 0 Å². The second kappa shape index (κ2) is 13.1. The van der Waals surface area contributed by atoms with Crippen molar-refractivity contribution in [2.45, 2.75) is 51.6 Å². The van der Waals surface area contributed by atoms with Crippen LogP contribution in [-0.2, 0) is 22.6 Å². The lowest BCUT2D eigenvalue weighted by molar-refractivity contribution is -0.139. The van der Waals surface area contributed by atoms with Crippen molar-refractivity contribution in [1.29, 1.82) is 0 Å². The Morgan fingerprint density at radius 3 is 2.03 bits per heavy atom. The highest BCUT2D eigenvalue weighted by Crippen LogP contribution is 2.22. The van der Waals surface area contributed by atoms with Gasteiger partial charge in [0.15, 0.2) is 0 Å². The SMILES string of the molecule is Cc1ccc(CN(C(=O)CSc2ccc(C)cc2)[C@H](Cc2ccccc2)C(=O)NCC(C)C)cc1. The molecule has 0 saturated heterocycles. The molecule has 1 N–H and O–H groups in total. The molecule has 2 amide bonds. The van der Waals surface area contributed by atoms with Crippen molar-refractivity contribution in [3.8, 4) is 0 Å². The summed E-state index contributed by atoms with van der Waals surface area (Å²) in [6.07, 6.45) is 0.470. The molecule has 0 saturated carbocycles. The fourth-order valence-corrected chi connectivity index (χ4v) is 4.51. The van der Waals surface area contributed by atoms with Crippen LogP contribution in [-0.4, -0.2) is 35.1 Å². The normalized spacial score (nSPS) is 11.8. The topological polar surface area (TPSA) is 49.4 Å². The van der Waals surface area contributed by atoms with Crippen molar-refractivity contribution in [3.05, 3.63) is 101 Å². The second-order valence-corrected chi connectivity index (χ2v) is 10.5. The first kappa shape index (κ1) is 26.6. The van der Waals surface area contributed by atoms with Crippen molar-refractivity contribution < 1.29 is 9.59 Å². The molecule has 0 heterocycles. The average molecular weight is 489 g/mol. The van der Waals surface area contributed by atoms with E-state index in [2.05, 4.69) is 31.3 Å². The van der Waals surface area contributed by atoms with Crippen LogP contribution in [0.2, 0.25) is 0 Å². The standard InChI is InChI=1S/C30H36N2O2S/c1-22(2)19-31-30(34)28(18-25-8-6-5-7-9-25)32(20-26-14-10-23(3)11-15-26)29(33)21-35-27-16-12-24(4)13-17-27/h5-17,22,28H,18-21H2,1-4H3,(H,31,34)/t28-/m1/s1. The lowest BCUT2D eigenvalue weighted by Gasteiger charge is -2.32. The van der Waals surface area contributed by atoms with Crippen LogP contribution in [0.25, 0.3) is 0 Å². The molecular formula is C30H36N2O2S. The molecule has 184 valence electrons. The van der Waals surface area contributed by atoms with Gasteiger partial charge in [-0.05, 0) is 43.0 Å². The molecule has 0 radical (unpaired) electrons. The summed E-state index contributed by atoms with van der Waals surface area (Å²) in [6.45, 7) is 9.20. The van der Waals surface area contributed by atoms with Crippen LogP contribution >= 0.6 is 11.8 Å². The van der Waals surface area contributed by atoms with E-state index in [9.17, 15) is 9.59 Å². The molecule has 3 aromatic rings. The second-order valence-electron chi connectivity index (χ2n) is 9.45. The quantitative estimate of drug-likeness (QED) is 0.347. The Morgan fingerprint density at radius 2 is 1.43 bits per heavy atom. The van der Waals surface area contributed by atoms with Gasteiger partial charge in [-0.2, -0.15) is 0 Å². The monoisotopic (exact) mass is 488 g/mol. The summed E-state index contributed by atoms with van der Waals surface area (Å²) < 4.78 is 0. The molecule has 0 aliphatic heterocycles. The Hall–Kier alpha value is -3.05. The maximum Gasteiger partial charge on any atom is 0.243 e. The van der Waals surface area contributed by atoms with Gasteiger partial charge in [0.2, 0.25) is 11.8 Å². The van der Waals surface area contributed by atoms with Gasteiger partial charge in [-0.15, -0.1) is 11.8 Å². The predicted octanol–water partition coefficient (Wildman–Crippen LogP) is 5.81. The van der Waals surface area contributed by atoms with Crippen LogP contribution < -0.4 is 5.32 Å². The van der Waals surface area contributed by atoms with Crippen molar-refractivity contribution >= 4 is 23.6 Å². The number of rotatable bonds is 11. The number of nitrogens with zero attached hydrogens (tertiary/aromatic N) is 1. The molecule has 0 unspecified atom stereocenters. The van der Waals surface area contributed by atoms with E-state index in [1.807, 2.05) is 80.6 Å². The third-order valence-corrected chi connectivity index (χ3v) is 6.81. The zero-order valence-corrected chi connectivity index (χ0v) is 22.0. The summed E-state index contributed by atoms with van der Waals surface area (Å²) in [5.74, 6) is 0.451. The molecule has 0 aliphatic rings. The molecule has 1 atom stereocenters. The largest absolute Gasteiger partial charge is 0.354 e. The first-order valence-electron chi connectivity index (χ1n) is 12.2. The van der Waals surface area contributed by atoms with E-state index in [0.717, 1.165) is 21.6 Å². The molecule has 0 spiro atoms. The van der Waals surface area contributed by atoms with E-state index < -0.39 is 6.04 Å². The number of carbonyl (C=O) groups excluding carboxylic acids is 2. The highest BCUT2D eigenvalue weighted by molar-refractivity contribution is 8.00. The van der Waals surface area contributed by atoms with Crippen LogP contribution in [0.4, 0.5) is 0 Å². The van der Waals surface area contributed by atoms with Gasteiger partial charge in [-0.3, -0.25) is 9.59 Å². The van der Waals surface area contributed by atoms with E-state index in [0.29, 0.717) is 25.4 Å². The number of amides is 2. The van der Waals surface area contributed by atoms with Crippen molar-refractivity contribution in [2.75, 3.05) is 12.3 Å².